The summed E-state index contributed by atoms with van der Waals surface area (Å²) in [6, 6.07) is -0.621. The van der Waals surface area contributed by atoms with Gasteiger partial charge in [0.1, 0.15) is 6.61 Å². The van der Waals surface area contributed by atoms with Gasteiger partial charge in [-0.3, -0.25) is 9.59 Å². The third-order valence-corrected chi connectivity index (χ3v) is 11.6. The third kappa shape index (κ3) is 44.2. The molecule has 0 aromatic heterocycles. The van der Waals surface area contributed by atoms with E-state index in [0.717, 1.165) is 77.0 Å². The minimum Gasteiger partial charge on any atom is -0.477 e. The maximum atomic E-state index is 12.8. The van der Waals surface area contributed by atoms with Crippen LogP contribution in [0.5, 0.6) is 0 Å². The molecule has 0 heterocycles. The fourth-order valence-electron chi connectivity index (χ4n) is 7.54. The summed E-state index contributed by atoms with van der Waals surface area (Å²) in [5, 5.41) is 9.66. The van der Waals surface area contributed by atoms with Crippen molar-refractivity contribution >= 4 is 17.9 Å². The summed E-state index contributed by atoms with van der Waals surface area (Å²) in [6.45, 7) is 4.70. The van der Waals surface area contributed by atoms with Gasteiger partial charge >= 0.3 is 17.9 Å². The lowest BCUT2D eigenvalue weighted by molar-refractivity contribution is -0.887. The highest BCUT2D eigenvalue weighted by Gasteiger charge is 2.31. The van der Waals surface area contributed by atoms with E-state index < -0.39 is 18.1 Å². The molecule has 0 saturated heterocycles. The maximum Gasteiger partial charge on any atom is 0.362 e. The number of allylic oxidation sites excluding steroid dienone is 10. The normalized spacial score (nSPS) is 13.3. The summed E-state index contributed by atoms with van der Waals surface area (Å²) in [7, 11) is 5.53. The molecule has 1 N–H and O–H groups in total. The maximum absolute atomic E-state index is 12.8. The van der Waals surface area contributed by atoms with Crippen LogP contribution in [0.2, 0.25) is 0 Å². The SMILES string of the molecule is CCCCC/C=C/C/C=C/C/C=C/C/C=C/CCCCCCCC(=O)OCC(COCCC(C(=O)O)[N+](C)(C)C)OC(=O)CCCCCCCCC/C=C/CCCCCCCCCC. The molecule has 2 unspecified atom stereocenters. The van der Waals surface area contributed by atoms with Crippen LogP contribution in [0.1, 0.15) is 226 Å². The van der Waals surface area contributed by atoms with E-state index in [9.17, 15) is 19.5 Å². The topological polar surface area (TPSA) is 99.1 Å². The van der Waals surface area contributed by atoms with E-state index in [1.807, 2.05) is 21.1 Å². The number of hydrogen-bond donors (Lipinski definition) is 1. The molecule has 0 aliphatic heterocycles. The average Bonchev–Trinajstić information content (AvgIpc) is 3.26. The van der Waals surface area contributed by atoms with Crippen molar-refractivity contribution in [2.75, 3.05) is 41.0 Å². The number of ether oxygens (including phenoxy) is 3. The van der Waals surface area contributed by atoms with Gasteiger partial charge in [0.15, 0.2) is 12.1 Å². The lowest BCUT2D eigenvalue weighted by atomic mass is 10.1. The molecule has 0 radical (unpaired) electrons. The summed E-state index contributed by atoms with van der Waals surface area (Å²) in [4.78, 5) is 37.2. The quantitative estimate of drug-likeness (QED) is 0.0281. The molecule has 8 nitrogen and oxygen atoms in total. The number of unbranched alkanes of at least 4 members (excludes halogenated alkanes) is 23. The van der Waals surface area contributed by atoms with Crippen molar-refractivity contribution in [2.45, 2.75) is 238 Å². The predicted molar refractivity (Wildman–Crippen MR) is 271 cm³/mol. The number of carbonyl (C=O) groups is 3. The lowest BCUT2D eigenvalue weighted by Crippen LogP contribution is -2.50. The standard InChI is InChI=1S/C56H99NO7/c1-6-8-10-12-14-16-18-20-22-24-26-27-29-30-32-34-36-38-40-42-44-46-54(58)63-51-52(50-62-49-48-53(56(60)61)57(3,4)5)64-55(59)47-45-43-41-39-37-35-33-31-28-25-23-21-19-17-15-13-11-9-7-2/h14,16,20,22,25-28,30,32,52-53H,6-13,15,17-19,21,23-24,29,31,33-51H2,1-5H3/p+1/b16-14+,22-20+,27-26+,28-25+,32-30+. The largest absolute Gasteiger partial charge is 0.477 e. The zero-order chi connectivity index (χ0) is 47.0. The van der Waals surface area contributed by atoms with Gasteiger partial charge in [0.2, 0.25) is 0 Å². The predicted octanol–water partition coefficient (Wildman–Crippen LogP) is 15.3. The molecule has 0 fully saturated rings. The van der Waals surface area contributed by atoms with Gasteiger partial charge in [-0.05, 0) is 83.5 Å². The number of quaternary nitrogens is 1. The van der Waals surface area contributed by atoms with Crippen LogP contribution >= 0.6 is 0 Å². The minimum atomic E-state index is -0.878. The first-order chi connectivity index (χ1) is 31.1. The van der Waals surface area contributed by atoms with Crippen LogP contribution in [-0.2, 0) is 28.6 Å². The molecular weight excluding hydrogens is 799 g/mol. The summed E-state index contributed by atoms with van der Waals surface area (Å²) in [5.41, 5.74) is 0. The fraction of sp³-hybridized carbons (Fsp3) is 0.768. The molecule has 0 bridgehead atoms. The zero-order valence-electron chi connectivity index (χ0n) is 42.2. The number of carboxylic acids is 1. The molecule has 0 amide bonds. The first-order valence-corrected chi connectivity index (χ1v) is 26.3. The number of esters is 2. The van der Waals surface area contributed by atoms with E-state index >= 15 is 0 Å². The van der Waals surface area contributed by atoms with E-state index in [0.29, 0.717) is 19.3 Å². The monoisotopic (exact) mass is 899 g/mol. The second-order valence-corrected chi connectivity index (χ2v) is 18.8. The number of aliphatic carboxylic acids is 1. The first-order valence-electron chi connectivity index (χ1n) is 26.3. The lowest BCUT2D eigenvalue weighted by Gasteiger charge is -2.31. The van der Waals surface area contributed by atoms with E-state index in [2.05, 4.69) is 74.6 Å². The first kappa shape index (κ1) is 61.0. The Morgan fingerprint density at radius 1 is 0.469 bits per heavy atom. The highest BCUT2D eigenvalue weighted by Crippen LogP contribution is 2.15. The van der Waals surface area contributed by atoms with Crippen LogP contribution in [-0.4, -0.2) is 80.6 Å². The average molecular weight is 899 g/mol. The van der Waals surface area contributed by atoms with Crippen molar-refractivity contribution in [2.24, 2.45) is 0 Å². The van der Waals surface area contributed by atoms with Crippen molar-refractivity contribution in [3.63, 3.8) is 0 Å². The van der Waals surface area contributed by atoms with Crippen LogP contribution in [0, 0.1) is 0 Å². The Labute approximate surface area is 394 Å². The van der Waals surface area contributed by atoms with E-state index in [1.54, 1.807) is 0 Å². The van der Waals surface area contributed by atoms with Gasteiger partial charge in [-0.25, -0.2) is 4.79 Å². The van der Waals surface area contributed by atoms with Crippen molar-refractivity contribution in [1.82, 2.24) is 0 Å². The Morgan fingerprint density at radius 2 is 0.828 bits per heavy atom. The summed E-state index contributed by atoms with van der Waals surface area (Å²) in [6.07, 6.45) is 58.4. The summed E-state index contributed by atoms with van der Waals surface area (Å²) < 4.78 is 17.3. The number of hydrogen-bond acceptors (Lipinski definition) is 6. The van der Waals surface area contributed by atoms with Crippen molar-refractivity contribution in [3.8, 4) is 0 Å². The molecule has 0 saturated carbocycles. The van der Waals surface area contributed by atoms with Crippen molar-refractivity contribution < 1.29 is 38.2 Å². The van der Waals surface area contributed by atoms with E-state index in [4.69, 9.17) is 14.2 Å². The highest BCUT2D eigenvalue weighted by atomic mass is 16.6. The van der Waals surface area contributed by atoms with Gasteiger partial charge in [-0.1, -0.05) is 184 Å². The van der Waals surface area contributed by atoms with Gasteiger partial charge in [0.05, 0.1) is 34.4 Å². The van der Waals surface area contributed by atoms with Gasteiger partial charge < -0.3 is 23.8 Å². The van der Waals surface area contributed by atoms with Crippen molar-refractivity contribution in [3.05, 3.63) is 60.8 Å². The van der Waals surface area contributed by atoms with Gasteiger partial charge in [0.25, 0.3) is 0 Å². The Morgan fingerprint density at radius 3 is 1.27 bits per heavy atom. The van der Waals surface area contributed by atoms with Gasteiger partial charge in [-0.2, -0.15) is 0 Å². The Bertz CT molecular complexity index is 1230. The molecule has 0 aliphatic rings. The molecule has 0 spiro atoms. The third-order valence-electron chi connectivity index (χ3n) is 11.6. The number of carbonyl (C=O) groups excluding carboxylic acids is 2. The van der Waals surface area contributed by atoms with Gasteiger partial charge in [-0.15, -0.1) is 0 Å². The van der Waals surface area contributed by atoms with E-state index in [1.165, 1.54) is 116 Å². The number of likely N-dealkylation sites (N-methyl/N-ethyl adjacent to an activating group) is 1. The van der Waals surface area contributed by atoms with Crippen LogP contribution in [0.4, 0.5) is 0 Å². The van der Waals surface area contributed by atoms with Gasteiger partial charge in [0, 0.05) is 19.3 Å². The second-order valence-electron chi connectivity index (χ2n) is 18.8. The van der Waals surface area contributed by atoms with Crippen molar-refractivity contribution in [1.29, 1.82) is 0 Å². The Kier molecular flexibility index (Phi) is 44.4. The van der Waals surface area contributed by atoms with Crippen LogP contribution in [0.15, 0.2) is 60.8 Å². The van der Waals surface area contributed by atoms with Crippen LogP contribution < -0.4 is 0 Å². The van der Waals surface area contributed by atoms with E-state index in [-0.39, 0.29) is 36.2 Å². The fourth-order valence-corrected chi connectivity index (χ4v) is 7.54. The molecule has 64 heavy (non-hydrogen) atoms. The summed E-state index contributed by atoms with van der Waals surface area (Å²) >= 11 is 0. The number of rotatable bonds is 47. The van der Waals surface area contributed by atoms with Crippen LogP contribution in [0.3, 0.4) is 0 Å². The minimum absolute atomic E-state index is 0.0519. The number of carboxylic acid groups (broad SMARTS) is 1. The molecule has 0 aromatic carbocycles. The van der Waals surface area contributed by atoms with Crippen LogP contribution in [0.25, 0.3) is 0 Å². The molecular formula is C56H100NO7+. The highest BCUT2D eigenvalue weighted by molar-refractivity contribution is 5.72. The molecule has 8 heteroatoms. The molecule has 0 aliphatic carbocycles. The molecule has 0 rings (SSSR count). The smallest absolute Gasteiger partial charge is 0.362 e. The Hall–Kier alpha value is -2.97. The Balaban J connectivity index is 4.29. The number of nitrogens with zero attached hydrogens (tertiary/aromatic N) is 1. The molecule has 2 atom stereocenters. The molecule has 0 aromatic rings. The second kappa shape index (κ2) is 46.6. The zero-order valence-corrected chi connectivity index (χ0v) is 42.2. The summed E-state index contributed by atoms with van der Waals surface area (Å²) in [5.74, 6) is -1.49. The molecule has 370 valence electrons.